The van der Waals surface area contributed by atoms with Gasteiger partial charge in [0.25, 0.3) is 11.8 Å². The molecule has 1 aromatic heterocycles. The van der Waals surface area contributed by atoms with Crippen molar-refractivity contribution >= 4 is 17.5 Å². The van der Waals surface area contributed by atoms with Crippen LogP contribution in [0.15, 0.2) is 54.9 Å². The highest BCUT2D eigenvalue weighted by Crippen LogP contribution is 2.24. The molecule has 9 nitrogen and oxygen atoms in total. The molecule has 0 aliphatic carbocycles. The van der Waals surface area contributed by atoms with E-state index in [4.69, 9.17) is 0 Å². The molecule has 3 heterocycles. The minimum Gasteiger partial charge on any atom is -0.380 e. The summed E-state index contributed by atoms with van der Waals surface area (Å²) in [6, 6.07) is 10.8. The van der Waals surface area contributed by atoms with Crippen LogP contribution in [-0.2, 0) is 22.7 Å². The number of hydrazine groups is 1. The lowest BCUT2D eigenvalue weighted by molar-refractivity contribution is -0.166. The molecule has 0 saturated carbocycles. The van der Waals surface area contributed by atoms with E-state index in [2.05, 4.69) is 15.7 Å². The Kier molecular flexibility index (Phi) is 5.96. The number of hydrogen-bond acceptors (Lipinski definition) is 7. The molecule has 0 saturated heterocycles. The van der Waals surface area contributed by atoms with Crippen LogP contribution in [0.25, 0.3) is 0 Å². The van der Waals surface area contributed by atoms with Gasteiger partial charge in [-0.2, -0.15) is 0 Å². The van der Waals surface area contributed by atoms with Crippen LogP contribution >= 0.6 is 0 Å². The van der Waals surface area contributed by atoms with Crippen LogP contribution in [0.2, 0.25) is 0 Å². The number of pyridine rings is 1. The largest absolute Gasteiger partial charge is 0.380 e. The molecule has 4 rings (SSSR count). The highest BCUT2D eigenvalue weighted by Gasteiger charge is 2.45. The Hall–Kier alpha value is -3.27. The number of nitrogens with one attached hydrogen (secondary N) is 2. The molecule has 9 heteroatoms. The second kappa shape index (κ2) is 8.70. The van der Waals surface area contributed by atoms with Crippen LogP contribution in [0.4, 0.5) is 5.69 Å². The monoisotopic (exact) mass is 437 g/mol. The van der Waals surface area contributed by atoms with E-state index >= 15 is 0 Å². The first-order valence-corrected chi connectivity index (χ1v) is 10.5. The van der Waals surface area contributed by atoms with E-state index in [0.29, 0.717) is 0 Å². The van der Waals surface area contributed by atoms with Crippen molar-refractivity contribution in [1.29, 1.82) is 0 Å². The zero-order valence-corrected chi connectivity index (χ0v) is 18.0. The number of carbonyl (C=O) groups is 2. The van der Waals surface area contributed by atoms with Gasteiger partial charge in [0.2, 0.25) is 0 Å². The zero-order valence-electron chi connectivity index (χ0n) is 18.0. The summed E-state index contributed by atoms with van der Waals surface area (Å²) in [4.78, 5) is 31.2. The maximum atomic E-state index is 12.8. The zero-order chi connectivity index (χ0) is 22.9. The summed E-state index contributed by atoms with van der Waals surface area (Å²) >= 11 is 0. The summed E-state index contributed by atoms with van der Waals surface area (Å²) < 4.78 is 0. The molecule has 0 fully saturated rings. The number of fused-ring (bicyclic) bond motifs is 1. The number of anilines is 1. The lowest BCUT2D eigenvalue weighted by Gasteiger charge is -2.31. The first-order chi connectivity index (χ1) is 15.3. The lowest BCUT2D eigenvalue weighted by Crippen LogP contribution is -2.58. The van der Waals surface area contributed by atoms with E-state index in [1.165, 1.54) is 4.90 Å². The summed E-state index contributed by atoms with van der Waals surface area (Å²) in [6.45, 7) is 4.19. The SMILES string of the molecule is C[C@@H](NC(=O)[C@](C)(O)[C@@H](O)C(=O)N1Cc2cccnc2C1)c1ccc(N2C=CCN2)cc1. The van der Waals surface area contributed by atoms with E-state index in [-0.39, 0.29) is 13.1 Å². The van der Waals surface area contributed by atoms with E-state index in [9.17, 15) is 19.8 Å². The quantitative estimate of drug-likeness (QED) is 0.527. The van der Waals surface area contributed by atoms with Crippen LogP contribution in [0, 0.1) is 0 Å². The van der Waals surface area contributed by atoms with E-state index in [0.717, 1.165) is 36.0 Å². The highest BCUT2D eigenvalue weighted by atomic mass is 16.4. The number of rotatable bonds is 6. The van der Waals surface area contributed by atoms with Crippen molar-refractivity contribution in [3.8, 4) is 0 Å². The molecule has 1 aromatic carbocycles. The first-order valence-electron chi connectivity index (χ1n) is 10.5. The number of aliphatic hydroxyl groups is 2. The molecule has 2 aliphatic heterocycles. The normalized spacial score (nSPS) is 18.8. The van der Waals surface area contributed by atoms with E-state index < -0.39 is 29.6 Å². The average Bonchev–Trinajstić information content (AvgIpc) is 3.48. The summed E-state index contributed by atoms with van der Waals surface area (Å²) in [7, 11) is 0. The fraction of sp³-hybridized carbons (Fsp3) is 0.348. The second-order valence-corrected chi connectivity index (χ2v) is 8.26. The van der Waals surface area contributed by atoms with Gasteiger partial charge in [0, 0.05) is 25.5 Å². The fourth-order valence-corrected chi connectivity index (χ4v) is 3.78. The number of carbonyl (C=O) groups excluding carboxylic acids is 2. The predicted molar refractivity (Wildman–Crippen MR) is 118 cm³/mol. The van der Waals surface area contributed by atoms with Crippen molar-refractivity contribution in [2.24, 2.45) is 0 Å². The predicted octanol–water partition coefficient (Wildman–Crippen LogP) is 0.751. The Bertz CT molecular complexity index is 1010. The molecule has 2 amide bonds. The standard InChI is InChI=1S/C23H27N5O4/c1-15(16-6-8-18(9-7-16)28-12-4-11-25-28)26-22(31)23(2,32)20(29)21(30)27-13-17-5-3-10-24-19(17)14-27/h3-10,12,15,20,25,29,32H,11,13-14H2,1-2H3,(H,26,31)/t15-,20+,23-/m1/s1. The molecule has 0 unspecified atom stereocenters. The number of hydrogen-bond donors (Lipinski definition) is 4. The number of amides is 2. The van der Waals surface area contributed by atoms with Crippen LogP contribution in [0.3, 0.4) is 0 Å². The van der Waals surface area contributed by atoms with Crippen molar-refractivity contribution < 1.29 is 19.8 Å². The van der Waals surface area contributed by atoms with Gasteiger partial charge in [-0.25, -0.2) is 5.43 Å². The van der Waals surface area contributed by atoms with Gasteiger partial charge in [-0.3, -0.25) is 19.6 Å². The minimum atomic E-state index is -2.29. The lowest BCUT2D eigenvalue weighted by atomic mass is 9.95. The van der Waals surface area contributed by atoms with E-state index in [1.807, 2.05) is 47.6 Å². The number of nitrogens with zero attached hydrogens (tertiary/aromatic N) is 3. The first kappa shape index (κ1) is 21.9. The molecular formula is C23H27N5O4. The van der Waals surface area contributed by atoms with Crippen molar-refractivity contribution in [1.82, 2.24) is 20.6 Å². The molecule has 32 heavy (non-hydrogen) atoms. The Labute approximate surface area is 186 Å². The van der Waals surface area contributed by atoms with Gasteiger partial charge in [-0.15, -0.1) is 0 Å². The number of benzene rings is 1. The third kappa shape index (κ3) is 4.22. The molecule has 168 valence electrons. The third-order valence-electron chi connectivity index (χ3n) is 5.88. The molecule has 4 N–H and O–H groups in total. The topological polar surface area (TPSA) is 118 Å². The maximum absolute atomic E-state index is 12.8. The summed E-state index contributed by atoms with van der Waals surface area (Å²) in [5, 5.41) is 25.9. The van der Waals surface area contributed by atoms with Crippen LogP contribution in [0.5, 0.6) is 0 Å². The third-order valence-corrected chi connectivity index (χ3v) is 5.88. The van der Waals surface area contributed by atoms with Gasteiger partial charge in [0.05, 0.1) is 24.0 Å². The molecule has 0 bridgehead atoms. The van der Waals surface area contributed by atoms with Crippen LogP contribution in [0.1, 0.15) is 36.7 Å². The highest BCUT2D eigenvalue weighted by molar-refractivity contribution is 5.94. The Balaban J connectivity index is 1.38. The average molecular weight is 438 g/mol. The van der Waals surface area contributed by atoms with Crippen molar-refractivity contribution in [2.75, 3.05) is 11.6 Å². The van der Waals surface area contributed by atoms with Crippen molar-refractivity contribution in [3.05, 3.63) is 71.7 Å². The van der Waals surface area contributed by atoms with Gasteiger partial charge in [-0.1, -0.05) is 24.3 Å². The molecule has 2 aliphatic rings. The molecule has 0 spiro atoms. The molecule has 3 atom stereocenters. The van der Waals surface area contributed by atoms with Gasteiger partial charge < -0.3 is 20.4 Å². The van der Waals surface area contributed by atoms with Crippen LogP contribution in [-0.4, -0.2) is 50.2 Å². The number of aromatic nitrogens is 1. The van der Waals surface area contributed by atoms with Crippen molar-refractivity contribution in [3.63, 3.8) is 0 Å². The van der Waals surface area contributed by atoms with Gasteiger partial charge >= 0.3 is 0 Å². The van der Waals surface area contributed by atoms with Crippen LogP contribution < -0.4 is 15.8 Å². The summed E-state index contributed by atoms with van der Waals surface area (Å²) in [5.41, 5.74) is 4.29. The Morgan fingerprint density at radius 1 is 1.22 bits per heavy atom. The van der Waals surface area contributed by atoms with Gasteiger partial charge in [0.1, 0.15) is 0 Å². The molecular weight excluding hydrogens is 410 g/mol. The molecule has 2 aromatic rings. The smallest absolute Gasteiger partial charge is 0.255 e. The van der Waals surface area contributed by atoms with Gasteiger partial charge in [0.15, 0.2) is 11.7 Å². The Morgan fingerprint density at radius 3 is 2.62 bits per heavy atom. The Morgan fingerprint density at radius 2 is 1.97 bits per heavy atom. The van der Waals surface area contributed by atoms with Gasteiger partial charge in [-0.05, 0) is 43.2 Å². The number of aliphatic hydroxyl groups excluding tert-OH is 1. The maximum Gasteiger partial charge on any atom is 0.255 e. The van der Waals surface area contributed by atoms with E-state index in [1.54, 1.807) is 19.2 Å². The van der Waals surface area contributed by atoms with Crippen molar-refractivity contribution in [2.45, 2.75) is 44.7 Å². The summed E-state index contributed by atoms with van der Waals surface area (Å²) in [6.07, 6.45) is 3.67. The second-order valence-electron chi connectivity index (χ2n) is 8.26. The molecule has 0 radical (unpaired) electrons. The fourth-order valence-electron chi connectivity index (χ4n) is 3.78. The minimum absolute atomic E-state index is 0.230. The summed E-state index contributed by atoms with van der Waals surface area (Å²) in [5.74, 6) is -1.54.